The summed E-state index contributed by atoms with van der Waals surface area (Å²) >= 11 is 2.42. The second-order valence-corrected chi connectivity index (χ2v) is 6.05. The van der Waals surface area contributed by atoms with Crippen LogP contribution in [0.25, 0.3) is 0 Å². The summed E-state index contributed by atoms with van der Waals surface area (Å²) in [6, 6.07) is 20.6. The number of hydrogen-bond acceptors (Lipinski definition) is 1. The van der Waals surface area contributed by atoms with Crippen molar-refractivity contribution in [2.24, 2.45) is 0 Å². The average molecular weight is 405 g/mol. The third-order valence-electron chi connectivity index (χ3n) is 3.68. The molecule has 0 saturated heterocycles. The molecule has 2 atom stereocenters. The first-order valence-corrected chi connectivity index (χ1v) is 8.86. The maximum absolute atomic E-state index is 11.8. The van der Waals surface area contributed by atoms with Crippen LogP contribution in [-0.2, 0) is 4.79 Å². The second kappa shape index (κ2) is 8.73. The fraction of sp³-hybridized carbons (Fsp3) is 0.211. The van der Waals surface area contributed by atoms with E-state index in [1.165, 1.54) is 11.6 Å². The van der Waals surface area contributed by atoms with Gasteiger partial charge in [-0.15, -0.1) is 0 Å². The molecule has 1 N–H and O–H groups in total. The van der Waals surface area contributed by atoms with Crippen molar-refractivity contribution < 1.29 is 4.79 Å². The molecule has 3 heteroatoms. The number of alkyl halides is 1. The quantitative estimate of drug-likeness (QED) is 0.406. The first-order valence-electron chi connectivity index (χ1n) is 7.33. The van der Waals surface area contributed by atoms with Crippen LogP contribution in [-0.4, -0.2) is 10.3 Å². The zero-order chi connectivity index (χ0) is 15.8. The molecule has 0 heterocycles. The fourth-order valence-electron chi connectivity index (χ4n) is 2.49. The Balaban J connectivity index is 2.21. The summed E-state index contributed by atoms with van der Waals surface area (Å²) in [5.41, 5.74) is 2.44. The summed E-state index contributed by atoms with van der Waals surface area (Å²) in [6.07, 6.45) is 2.20. The van der Waals surface area contributed by atoms with Gasteiger partial charge in [0.25, 0.3) is 0 Å². The van der Waals surface area contributed by atoms with Crippen molar-refractivity contribution in [2.45, 2.75) is 18.4 Å². The first-order chi connectivity index (χ1) is 10.7. The second-order valence-electron chi connectivity index (χ2n) is 5.17. The van der Waals surface area contributed by atoms with Gasteiger partial charge < -0.3 is 5.32 Å². The molecule has 114 valence electrons. The number of halogens is 1. The highest BCUT2D eigenvalue weighted by Gasteiger charge is 2.19. The van der Waals surface area contributed by atoms with Gasteiger partial charge in [-0.1, -0.05) is 89.8 Å². The van der Waals surface area contributed by atoms with E-state index in [0.717, 1.165) is 16.4 Å². The summed E-state index contributed by atoms with van der Waals surface area (Å²) in [5.74, 6) is 0.270. The lowest BCUT2D eigenvalue weighted by Crippen LogP contribution is -2.28. The van der Waals surface area contributed by atoms with Crippen LogP contribution in [0.4, 0.5) is 0 Å². The van der Waals surface area contributed by atoms with Crippen LogP contribution in [0.2, 0.25) is 0 Å². The minimum atomic E-state index is -0.130. The lowest BCUT2D eigenvalue weighted by atomic mass is 9.90. The van der Waals surface area contributed by atoms with Crippen molar-refractivity contribution in [3.05, 3.63) is 84.4 Å². The fourth-order valence-corrected chi connectivity index (χ4v) is 3.36. The summed E-state index contributed by atoms with van der Waals surface area (Å²) in [7, 11) is 0. The molecule has 0 aliphatic carbocycles. The molecule has 2 aromatic rings. The van der Waals surface area contributed by atoms with E-state index >= 15 is 0 Å². The van der Waals surface area contributed by atoms with Crippen molar-refractivity contribution >= 4 is 28.5 Å². The number of carbonyl (C=O) groups is 1. The first kappa shape index (κ1) is 16.7. The number of benzene rings is 2. The molecule has 0 aliphatic heterocycles. The lowest BCUT2D eigenvalue weighted by Gasteiger charge is -2.24. The molecule has 0 fully saturated rings. The van der Waals surface area contributed by atoms with Gasteiger partial charge in [0.05, 0.1) is 6.04 Å². The Morgan fingerprint density at radius 1 is 1.05 bits per heavy atom. The van der Waals surface area contributed by atoms with E-state index in [-0.39, 0.29) is 11.9 Å². The molecular formula is C19H20INO. The largest absolute Gasteiger partial charge is 0.346 e. The molecule has 0 bridgehead atoms. The van der Waals surface area contributed by atoms with Gasteiger partial charge in [0, 0.05) is 4.43 Å². The van der Waals surface area contributed by atoms with E-state index in [0.29, 0.717) is 5.92 Å². The maximum atomic E-state index is 11.8. The Morgan fingerprint density at radius 3 is 2.09 bits per heavy atom. The molecule has 0 aromatic heterocycles. The molecule has 2 aromatic carbocycles. The molecule has 0 aliphatic rings. The van der Waals surface area contributed by atoms with Gasteiger partial charge in [0.2, 0.25) is 5.91 Å². The lowest BCUT2D eigenvalue weighted by molar-refractivity contribution is -0.117. The van der Waals surface area contributed by atoms with Crippen molar-refractivity contribution in [1.82, 2.24) is 5.32 Å². The van der Waals surface area contributed by atoms with Crippen LogP contribution in [0.3, 0.4) is 0 Å². The standard InChI is InChI=1S/C19H20INO/c1-2-19(22)21-18(16-11-7-4-8-12-16)13-17(14-20)15-9-5-3-6-10-15/h2-12,17-18H,1,13-14H2,(H,21,22). The Morgan fingerprint density at radius 2 is 1.59 bits per heavy atom. The summed E-state index contributed by atoms with van der Waals surface area (Å²) in [6.45, 7) is 3.55. The predicted octanol–water partition coefficient (Wildman–Crippen LogP) is 4.64. The van der Waals surface area contributed by atoms with Crippen molar-refractivity contribution in [1.29, 1.82) is 0 Å². The molecule has 1 amide bonds. The van der Waals surface area contributed by atoms with Crippen molar-refractivity contribution in [3.63, 3.8) is 0 Å². The van der Waals surface area contributed by atoms with Crippen LogP contribution < -0.4 is 5.32 Å². The number of amides is 1. The summed E-state index contributed by atoms with van der Waals surface area (Å²) in [4.78, 5) is 11.8. The third-order valence-corrected chi connectivity index (χ3v) is 4.74. The zero-order valence-electron chi connectivity index (χ0n) is 12.4. The molecule has 2 unspecified atom stereocenters. The van der Waals surface area contributed by atoms with Crippen LogP contribution in [0, 0.1) is 0 Å². The van der Waals surface area contributed by atoms with Crippen LogP contribution in [0.15, 0.2) is 73.3 Å². The van der Waals surface area contributed by atoms with Gasteiger partial charge >= 0.3 is 0 Å². The Bertz CT molecular complexity index is 597. The normalized spacial score (nSPS) is 13.1. The summed E-state index contributed by atoms with van der Waals surface area (Å²) < 4.78 is 1.01. The van der Waals surface area contributed by atoms with Gasteiger partial charge in [-0.05, 0) is 29.5 Å². The van der Waals surface area contributed by atoms with Gasteiger partial charge in [0.1, 0.15) is 0 Å². The van der Waals surface area contributed by atoms with Gasteiger partial charge in [-0.3, -0.25) is 4.79 Å². The number of rotatable bonds is 7. The maximum Gasteiger partial charge on any atom is 0.243 e. The Hall–Kier alpha value is -1.62. The van der Waals surface area contributed by atoms with Gasteiger partial charge in [0.15, 0.2) is 0 Å². The molecule has 2 rings (SSSR count). The highest BCUT2D eigenvalue weighted by Crippen LogP contribution is 2.30. The van der Waals surface area contributed by atoms with Crippen LogP contribution in [0.1, 0.15) is 29.5 Å². The van der Waals surface area contributed by atoms with E-state index in [4.69, 9.17) is 0 Å². The van der Waals surface area contributed by atoms with Gasteiger partial charge in [-0.25, -0.2) is 0 Å². The van der Waals surface area contributed by atoms with Gasteiger partial charge in [-0.2, -0.15) is 0 Å². The zero-order valence-corrected chi connectivity index (χ0v) is 14.6. The minimum absolute atomic E-state index is 0.00771. The number of hydrogen-bond donors (Lipinski definition) is 1. The molecule has 0 saturated carbocycles. The molecule has 0 spiro atoms. The SMILES string of the molecule is C=CC(=O)NC(CC(CI)c1ccccc1)c1ccccc1. The van der Waals surface area contributed by atoms with Crippen molar-refractivity contribution in [3.8, 4) is 0 Å². The number of carbonyl (C=O) groups excluding carboxylic acids is 1. The topological polar surface area (TPSA) is 29.1 Å². The highest BCUT2D eigenvalue weighted by atomic mass is 127. The smallest absolute Gasteiger partial charge is 0.243 e. The van der Waals surface area contributed by atoms with E-state index < -0.39 is 0 Å². The van der Waals surface area contributed by atoms with E-state index in [9.17, 15) is 4.79 Å². The average Bonchev–Trinajstić information content (AvgIpc) is 2.59. The highest BCUT2D eigenvalue weighted by molar-refractivity contribution is 14.1. The monoisotopic (exact) mass is 405 g/mol. The predicted molar refractivity (Wildman–Crippen MR) is 100 cm³/mol. The van der Waals surface area contributed by atoms with Crippen molar-refractivity contribution in [2.75, 3.05) is 4.43 Å². The van der Waals surface area contributed by atoms with E-state index in [1.807, 2.05) is 24.3 Å². The number of nitrogens with one attached hydrogen (secondary N) is 1. The molecule has 0 radical (unpaired) electrons. The molecule has 22 heavy (non-hydrogen) atoms. The van der Waals surface area contributed by atoms with E-state index in [2.05, 4.69) is 70.9 Å². The van der Waals surface area contributed by atoms with Crippen LogP contribution in [0.5, 0.6) is 0 Å². The molecule has 2 nitrogen and oxygen atoms in total. The third kappa shape index (κ3) is 4.70. The Labute approximate surface area is 145 Å². The van der Waals surface area contributed by atoms with E-state index in [1.54, 1.807) is 0 Å². The van der Waals surface area contributed by atoms with Crippen LogP contribution >= 0.6 is 22.6 Å². The minimum Gasteiger partial charge on any atom is -0.346 e. The Kier molecular flexibility index (Phi) is 6.65. The summed E-state index contributed by atoms with van der Waals surface area (Å²) in [5, 5.41) is 3.06. The molecular weight excluding hydrogens is 385 g/mol.